The Balaban J connectivity index is 1.65. The number of hydrogen-bond donors (Lipinski definition) is 0. The van der Waals surface area contributed by atoms with Gasteiger partial charge in [-0.05, 0) is 29.7 Å². The molecule has 0 aliphatic carbocycles. The van der Waals surface area contributed by atoms with Crippen LogP contribution in [0.5, 0.6) is 0 Å². The number of nitrogens with zero attached hydrogens (tertiary/aromatic N) is 4. The molecule has 5 rings (SSSR count). The zero-order valence-electron chi connectivity index (χ0n) is 19.3. The lowest BCUT2D eigenvalue weighted by molar-refractivity contribution is -0.384. The van der Waals surface area contributed by atoms with Crippen LogP contribution >= 0.6 is 0 Å². The number of benzene rings is 2. The predicted molar refractivity (Wildman–Crippen MR) is 124 cm³/mol. The molecule has 2 aromatic rings. The van der Waals surface area contributed by atoms with E-state index >= 15 is 0 Å². The molecule has 4 atom stereocenters. The quantitative estimate of drug-likeness (QED) is 0.394. The van der Waals surface area contributed by atoms with Gasteiger partial charge in [0.25, 0.3) is 5.69 Å². The van der Waals surface area contributed by atoms with Crippen LogP contribution in [0.4, 0.5) is 11.4 Å². The number of Topliss-reactive ketones (excluding diaryl/α,β-unsaturated/α-hetero) is 1. The van der Waals surface area contributed by atoms with Gasteiger partial charge in [-0.15, -0.1) is 0 Å². The summed E-state index contributed by atoms with van der Waals surface area (Å²) in [6.07, 6.45) is 1.67. The Bertz CT molecular complexity index is 1290. The van der Waals surface area contributed by atoms with Gasteiger partial charge in [-0.25, -0.2) is 4.90 Å². The van der Waals surface area contributed by atoms with Crippen molar-refractivity contribution in [3.8, 4) is 0 Å². The third-order valence-corrected chi connectivity index (χ3v) is 6.93. The minimum absolute atomic E-state index is 0.122. The first kappa shape index (κ1) is 21.9. The molecule has 0 N–H and O–H groups in total. The third kappa shape index (κ3) is 2.99. The normalized spacial score (nSPS) is 25.3. The smallest absolute Gasteiger partial charge is 0.269 e. The lowest BCUT2D eigenvalue weighted by atomic mass is 9.79. The number of amides is 2. The van der Waals surface area contributed by atoms with Gasteiger partial charge < -0.3 is 0 Å². The number of hydrazone groups is 1. The number of fused-ring (bicyclic) bond motifs is 5. The van der Waals surface area contributed by atoms with Gasteiger partial charge in [-0.1, -0.05) is 45.0 Å². The van der Waals surface area contributed by atoms with Gasteiger partial charge in [-0.3, -0.25) is 29.5 Å². The Morgan fingerprint density at radius 2 is 1.74 bits per heavy atom. The van der Waals surface area contributed by atoms with Crippen molar-refractivity contribution in [3.63, 3.8) is 0 Å². The molecule has 2 saturated heterocycles. The maximum atomic E-state index is 13.8. The van der Waals surface area contributed by atoms with E-state index in [0.29, 0.717) is 11.3 Å². The summed E-state index contributed by atoms with van der Waals surface area (Å²) in [5.41, 5.74) is 1.56. The van der Waals surface area contributed by atoms with E-state index in [2.05, 4.69) is 5.10 Å². The Kier molecular flexibility index (Phi) is 4.72. The molecule has 3 aliphatic heterocycles. The number of aryl methyl sites for hydroxylation is 1. The average molecular weight is 460 g/mol. The summed E-state index contributed by atoms with van der Waals surface area (Å²) >= 11 is 0. The van der Waals surface area contributed by atoms with Crippen molar-refractivity contribution in [1.82, 2.24) is 5.01 Å². The second-order valence-electron chi connectivity index (χ2n) is 10.0. The lowest BCUT2D eigenvalue weighted by Crippen LogP contribution is -2.48. The highest BCUT2D eigenvalue weighted by atomic mass is 16.6. The summed E-state index contributed by atoms with van der Waals surface area (Å²) in [5.74, 6) is -2.75. The van der Waals surface area contributed by atoms with Crippen molar-refractivity contribution >= 4 is 35.2 Å². The number of non-ortho nitro benzene ring substituents is 1. The van der Waals surface area contributed by atoms with E-state index in [1.165, 1.54) is 18.2 Å². The maximum absolute atomic E-state index is 13.8. The van der Waals surface area contributed by atoms with E-state index in [4.69, 9.17) is 0 Å². The van der Waals surface area contributed by atoms with Crippen molar-refractivity contribution in [2.24, 2.45) is 22.4 Å². The molecule has 34 heavy (non-hydrogen) atoms. The van der Waals surface area contributed by atoms with E-state index in [0.717, 1.165) is 16.0 Å². The van der Waals surface area contributed by atoms with Crippen LogP contribution in [0.15, 0.2) is 47.6 Å². The fourth-order valence-corrected chi connectivity index (χ4v) is 5.35. The fraction of sp³-hybridized carbons (Fsp3) is 0.360. The molecule has 9 heteroatoms. The molecule has 2 aromatic carbocycles. The topological polar surface area (TPSA) is 113 Å². The van der Waals surface area contributed by atoms with Crippen molar-refractivity contribution in [1.29, 1.82) is 0 Å². The molecular weight excluding hydrogens is 436 g/mol. The van der Waals surface area contributed by atoms with Crippen LogP contribution in [0.3, 0.4) is 0 Å². The molecule has 3 aliphatic rings. The number of ketones is 1. The van der Waals surface area contributed by atoms with Gasteiger partial charge in [0.1, 0.15) is 6.04 Å². The molecule has 0 unspecified atom stereocenters. The Morgan fingerprint density at radius 1 is 1.06 bits per heavy atom. The largest absolute Gasteiger partial charge is 0.297 e. The highest BCUT2D eigenvalue weighted by Crippen LogP contribution is 2.53. The molecule has 0 bridgehead atoms. The van der Waals surface area contributed by atoms with Crippen LogP contribution < -0.4 is 4.90 Å². The van der Waals surface area contributed by atoms with Gasteiger partial charge in [0, 0.05) is 17.5 Å². The highest BCUT2D eigenvalue weighted by molar-refractivity contribution is 6.24. The van der Waals surface area contributed by atoms with Crippen molar-refractivity contribution < 1.29 is 19.3 Å². The van der Waals surface area contributed by atoms with Crippen molar-refractivity contribution in [2.45, 2.75) is 39.8 Å². The molecule has 0 spiro atoms. The number of carbonyl (C=O) groups excluding carboxylic acids is 3. The Hall–Kier alpha value is -3.88. The summed E-state index contributed by atoms with van der Waals surface area (Å²) < 4.78 is 0. The molecule has 0 aromatic heterocycles. The van der Waals surface area contributed by atoms with E-state index in [-0.39, 0.29) is 11.5 Å². The average Bonchev–Trinajstić information content (AvgIpc) is 3.25. The Labute approximate surface area is 196 Å². The SMILES string of the molecule is Cc1cc([N+](=O)[O-])ccc1N1C(=O)[C@@H]2[C@H](C1=O)[C@H]1c3ccccc3C=NN1[C@@H]2C(=O)C(C)(C)C. The summed E-state index contributed by atoms with van der Waals surface area (Å²) in [7, 11) is 0. The van der Waals surface area contributed by atoms with E-state index in [1.54, 1.807) is 38.9 Å². The molecule has 3 heterocycles. The lowest BCUT2D eigenvalue weighted by Gasteiger charge is -2.35. The number of nitro groups is 1. The first-order valence-corrected chi connectivity index (χ1v) is 11.1. The van der Waals surface area contributed by atoms with Crippen LogP contribution in [-0.2, 0) is 14.4 Å². The zero-order chi connectivity index (χ0) is 24.5. The zero-order valence-corrected chi connectivity index (χ0v) is 19.3. The third-order valence-electron chi connectivity index (χ3n) is 6.93. The first-order chi connectivity index (χ1) is 16.0. The number of anilines is 1. The van der Waals surface area contributed by atoms with E-state index < -0.39 is 46.1 Å². The minimum atomic E-state index is -0.901. The van der Waals surface area contributed by atoms with E-state index in [1.807, 2.05) is 24.3 Å². The van der Waals surface area contributed by atoms with Crippen LogP contribution in [0, 0.1) is 34.3 Å². The number of hydrogen-bond acceptors (Lipinski definition) is 7. The van der Waals surface area contributed by atoms with Crippen LogP contribution in [0.25, 0.3) is 0 Å². The predicted octanol–water partition coefficient (Wildman–Crippen LogP) is 3.40. The summed E-state index contributed by atoms with van der Waals surface area (Å²) in [5, 5.41) is 17.3. The van der Waals surface area contributed by atoms with Crippen molar-refractivity contribution in [2.75, 3.05) is 4.90 Å². The number of imide groups is 1. The maximum Gasteiger partial charge on any atom is 0.269 e. The number of nitro benzene ring substituents is 1. The number of carbonyl (C=O) groups is 3. The van der Waals surface area contributed by atoms with Crippen LogP contribution in [0.2, 0.25) is 0 Å². The highest BCUT2D eigenvalue weighted by Gasteiger charge is 2.66. The van der Waals surface area contributed by atoms with Gasteiger partial charge >= 0.3 is 0 Å². The number of rotatable bonds is 3. The molecule has 2 fully saturated rings. The van der Waals surface area contributed by atoms with Gasteiger partial charge in [0.05, 0.1) is 34.7 Å². The summed E-state index contributed by atoms with van der Waals surface area (Å²) in [6.45, 7) is 7.00. The second kappa shape index (κ2) is 7.31. The standard InChI is InChI=1S/C25H24N4O5/c1-13-11-15(29(33)34)9-10-17(13)27-23(31)18-19(24(27)32)21(22(30)25(2,3)4)28-20(18)16-8-6-5-7-14(16)12-26-28/h5-12,18-21H,1-4H3/t18-,19+,20+,21-/m0/s1. The fourth-order valence-electron chi connectivity index (χ4n) is 5.35. The monoisotopic (exact) mass is 460 g/mol. The molecular formula is C25H24N4O5. The summed E-state index contributed by atoms with van der Waals surface area (Å²) in [6, 6.07) is 10.1. The molecule has 9 nitrogen and oxygen atoms in total. The van der Waals surface area contributed by atoms with E-state index in [9.17, 15) is 24.5 Å². The molecule has 0 radical (unpaired) electrons. The minimum Gasteiger partial charge on any atom is -0.297 e. The van der Waals surface area contributed by atoms with Crippen molar-refractivity contribution in [3.05, 3.63) is 69.3 Å². The summed E-state index contributed by atoms with van der Waals surface area (Å²) in [4.78, 5) is 53.0. The van der Waals surface area contributed by atoms with Gasteiger partial charge in [-0.2, -0.15) is 5.10 Å². The molecule has 0 saturated carbocycles. The molecule has 2 amide bonds. The van der Waals surface area contributed by atoms with Gasteiger partial charge in [0.2, 0.25) is 11.8 Å². The van der Waals surface area contributed by atoms with Crippen LogP contribution in [0.1, 0.15) is 43.5 Å². The Morgan fingerprint density at radius 3 is 2.38 bits per heavy atom. The molecule has 174 valence electrons. The van der Waals surface area contributed by atoms with Crippen LogP contribution in [-0.4, -0.2) is 39.8 Å². The van der Waals surface area contributed by atoms with Gasteiger partial charge in [0.15, 0.2) is 5.78 Å². The second-order valence-corrected chi connectivity index (χ2v) is 10.0. The first-order valence-electron chi connectivity index (χ1n) is 11.1.